The number of aromatic hydroxyl groups is 1. The van der Waals surface area contributed by atoms with E-state index in [1.807, 2.05) is 18.9 Å². The molecule has 0 fully saturated rings. The molecule has 4 heteroatoms. The molecule has 1 atom stereocenters. The zero-order chi connectivity index (χ0) is 10.3. The van der Waals surface area contributed by atoms with Crippen molar-refractivity contribution in [1.29, 1.82) is 0 Å². The molecule has 0 radical (unpaired) electrons. The van der Waals surface area contributed by atoms with E-state index in [1.165, 1.54) is 0 Å². The summed E-state index contributed by atoms with van der Waals surface area (Å²) in [4.78, 5) is 2.65. The maximum atomic E-state index is 9.30. The van der Waals surface area contributed by atoms with E-state index >= 15 is 0 Å². The highest BCUT2D eigenvalue weighted by Gasteiger charge is 2.25. The number of rotatable bonds is 0. The van der Waals surface area contributed by atoms with Crippen molar-refractivity contribution in [2.24, 2.45) is 0 Å². The van der Waals surface area contributed by atoms with Gasteiger partial charge in [-0.2, -0.15) is 0 Å². The topological polar surface area (TPSA) is 32.7 Å². The van der Waals surface area contributed by atoms with Gasteiger partial charge in [-0.25, -0.2) is 0 Å². The summed E-state index contributed by atoms with van der Waals surface area (Å²) in [7, 11) is 1.90. The number of phenolic OH excluding ortho intramolecular Hbond substituents is 1. The van der Waals surface area contributed by atoms with E-state index in [-0.39, 0.29) is 11.9 Å². The van der Waals surface area contributed by atoms with Crippen LogP contribution in [0.4, 0.5) is 5.69 Å². The monoisotopic (exact) mass is 209 g/mol. The van der Waals surface area contributed by atoms with Gasteiger partial charge in [0.1, 0.15) is 22.6 Å². The first kappa shape index (κ1) is 9.27. The minimum Gasteiger partial charge on any atom is -0.508 e. The van der Waals surface area contributed by atoms with Gasteiger partial charge in [0.15, 0.2) is 0 Å². The lowest BCUT2D eigenvalue weighted by Crippen LogP contribution is -2.40. The molecular formula is C10H11NO2S. The number of hydrogen-bond acceptors (Lipinski definition) is 3. The predicted octanol–water partition coefficient (Wildman–Crippen LogP) is 1.94. The van der Waals surface area contributed by atoms with Gasteiger partial charge in [-0.15, -0.1) is 0 Å². The maximum absolute atomic E-state index is 9.30. The SMILES string of the molecule is CC1Oc2cc(O)ccc2N(C)C1=S. The van der Waals surface area contributed by atoms with Crippen LogP contribution in [0.5, 0.6) is 11.5 Å². The van der Waals surface area contributed by atoms with E-state index in [0.29, 0.717) is 5.75 Å². The lowest BCUT2D eigenvalue weighted by molar-refractivity contribution is 0.280. The normalized spacial score (nSPS) is 20.3. The molecule has 0 aliphatic carbocycles. The van der Waals surface area contributed by atoms with Crippen LogP contribution in [0.3, 0.4) is 0 Å². The minimum atomic E-state index is -0.121. The van der Waals surface area contributed by atoms with Gasteiger partial charge >= 0.3 is 0 Å². The first-order valence-electron chi connectivity index (χ1n) is 4.37. The molecule has 1 aromatic carbocycles. The Labute approximate surface area is 87.9 Å². The summed E-state index contributed by atoms with van der Waals surface area (Å²) in [6, 6.07) is 5.02. The van der Waals surface area contributed by atoms with Gasteiger partial charge in [0.2, 0.25) is 0 Å². The lowest BCUT2D eigenvalue weighted by atomic mass is 10.2. The van der Waals surface area contributed by atoms with Crippen molar-refractivity contribution < 1.29 is 9.84 Å². The summed E-state index contributed by atoms with van der Waals surface area (Å²) >= 11 is 5.20. The number of likely N-dealkylation sites (N-methyl/N-ethyl adjacent to an activating group) is 1. The number of fused-ring (bicyclic) bond motifs is 1. The standard InChI is InChI=1S/C10H11NO2S/c1-6-10(14)11(2)8-4-3-7(12)5-9(8)13-6/h3-6,12H,1-2H3. The molecule has 3 nitrogen and oxygen atoms in total. The Morgan fingerprint density at radius 3 is 2.93 bits per heavy atom. The Bertz CT molecular complexity index is 392. The zero-order valence-electron chi connectivity index (χ0n) is 8.02. The van der Waals surface area contributed by atoms with E-state index in [2.05, 4.69) is 0 Å². The Hall–Kier alpha value is -1.29. The number of ether oxygens (including phenoxy) is 1. The highest BCUT2D eigenvalue weighted by atomic mass is 32.1. The van der Waals surface area contributed by atoms with Crippen LogP contribution in [-0.2, 0) is 0 Å². The van der Waals surface area contributed by atoms with Crippen LogP contribution in [0.1, 0.15) is 6.92 Å². The molecule has 1 N–H and O–H groups in total. The van der Waals surface area contributed by atoms with Crippen molar-refractivity contribution in [3.8, 4) is 11.5 Å². The summed E-state index contributed by atoms with van der Waals surface area (Å²) in [5.74, 6) is 0.880. The van der Waals surface area contributed by atoms with Crippen LogP contribution in [-0.4, -0.2) is 23.2 Å². The van der Waals surface area contributed by atoms with Crippen LogP contribution >= 0.6 is 12.2 Å². The summed E-state index contributed by atoms with van der Waals surface area (Å²) in [6.07, 6.45) is -0.121. The van der Waals surface area contributed by atoms with Crippen LogP contribution in [0.15, 0.2) is 18.2 Å². The third-order valence-electron chi connectivity index (χ3n) is 2.29. The molecule has 0 saturated carbocycles. The molecular weight excluding hydrogens is 198 g/mol. The van der Waals surface area contributed by atoms with Crippen LogP contribution in [0, 0.1) is 0 Å². The maximum Gasteiger partial charge on any atom is 0.147 e. The number of anilines is 1. The van der Waals surface area contributed by atoms with E-state index < -0.39 is 0 Å². The van der Waals surface area contributed by atoms with Gasteiger partial charge < -0.3 is 14.7 Å². The predicted molar refractivity (Wildman–Crippen MR) is 59.2 cm³/mol. The van der Waals surface area contributed by atoms with Crippen LogP contribution < -0.4 is 9.64 Å². The smallest absolute Gasteiger partial charge is 0.147 e. The highest BCUT2D eigenvalue weighted by Crippen LogP contribution is 2.35. The van der Waals surface area contributed by atoms with Gasteiger partial charge in [-0.1, -0.05) is 12.2 Å². The molecule has 14 heavy (non-hydrogen) atoms. The quantitative estimate of drug-likeness (QED) is 0.662. The lowest BCUT2D eigenvalue weighted by Gasteiger charge is -2.32. The van der Waals surface area contributed by atoms with Crippen molar-refractivity contribution in [3.63, 3.8) is 0 Å². The number of thiocarbonyl (C=S) groups is 1. The van der Waals surface area contributed by atoms with Gasteiger partial charge in [0.25, 0.3) is 0 Å². The van der Waals surface area contributed by atoms with Gasteiger partial charge in [-0.3, -0.25) is 0 Å². The number of hydrogen-bond donors (Lipinski definition) is 1. The second-order valence-corrected chi connectivity index (χ2v) is 3.73. The molecule has 0 amide bonds. The average Bonchev–Trinajstić information content (AvgIpc) is 2.14. The van der Waals surface area contributed by atoms with E-state index in [0.717, 1.165) is 10.7 Å². The van der Waals surface area contributed by atoms with Crippen LogP contribution in [0.2, 0.25) is 0 Å². The third-order valence-corrected chi connectivity index (χ3v) is 2.89. The number of phenols is 1. The van der Waals surface area contributed by atoms with E-state index in [9.17, 15) is 5.11 Å². The Morgan fingerprint density at radius 1 is 1.50 bits per heavy atom. The largest absolute Gasteiger partial charge is 0.508 e. The molecule has 74 valence electrons. The molecule has 0 spiro atoms. The summed E-state index contributed by atoms with van der Waals surface area (Å²) in [6.45, 7) is 1.89. The van der Waals surface area contributed by atoms with E-state index in [1.54, 1.807) is 18.2 Å². The molecule has 0 aromatic heterocycles. The van der Waals surface area contributed by atoms with Crippen molar-refractivity contribution in [2.75, 3.05) is 11.9 Å². The molecule has 0 bridgehead atoms. The Balaban J connectivity index is 2.50. The van der Waals surface area contributed by atoms with Gasteiger partial charge in [0, 0.05) is 13.1 Å². The molecule has 1 aliphatic rings. The number of benzene rings is 1. The fourth-order valence-electron chi connectivity index (χ4n) is 1.51. The van der Waals surface area contributed by atoms with Crippen molar-refractivity contribution in [1.82, 2.24) is 0 Å². The molecule has 1 aliphatic heterocycles. The molecule has 0 saturated heterocycles. The van der Waals surface area contributed by atoms with Crippen LogP contribution in [0.25, 0.3) is 0 Å². The zero-order valence-corrected chi connectivity index (χ0v) is 8.84. The Kier molecular flexibility index (Phi) is 2.07. The summed E-state index contributed by atoms with van der Waals surface area (Å²) in [5.41, 5.74) is 0.894. The fraction of sp³-hybridized carbons (Fsp3) is 0.300. The molecule has 2 rings (SSSR count). The minimum absolute atomic E-state index is 0.121. The molecule has 1 unspecified atom stereocenters. The highest BCUT2D eigenvalue weighted by molar-refractivity contribution is 7.80. The fourth-order valence-corrected chi connectivity index (χ4v) is 1.65. The Morgan fingerprint density at radius 2 is 2.21 bits per heavy atom. The first-order chi connectivity index (χ1) is 6.59. The second-order valence-electron chi connectivity index (χ2n) is 3.31. The third kappa shape index (κ3) is 1.32. The van der Waals surface area contributed by atoms with Gasteiger partial charge in [-0.05, 0) is 19.1 Å². The first-order valence-corrected chi connectivity index (χ1v) is 4.77. The van der Waals surface area contributed by atoms with Crippen molar-refractivity contribution in [2.45, 2.75) is 13.0 Å². The summed E-state index contributed by atoms with van der Waals surface area (Å²) < 4.78 is 5.55. The second kappa shape index (κ2) is 3.13. The van der Waals surface area contributed by atoms with E-state index in [4.69, 9.17) is 17.0 Å². The van der Waals surface area contributed by atoms with Gasteiger partial charge in [0.05, 0.1) is 5.69 Å². The average molecular weight is 209 g/mol. The molecule has 1 heterocycles. The van der Waals surface area contributed by atoms with Crippen molar-refractivity contribution >= 4 is 22.9 Å². The number of nitrogens with zero attached hydrogens (tertiary/aromatic N) is 1. The van der Waals surface area contributed by atoms with Crippen molar-refractivity contribution in [3.05, 3.63) is 18.2 Å². The summed E-state index contributed by atoms with van der Waals surface area (Å²) in [5, 5.41) is 9.30. The molecule has 1 aromatic rings.